The van der Waals surface area contributed by atoms with Crippen LogP contribution in [0.5, 0.6) is 0 Å². The Morgan fingerprint density at radius 2 is 2.29 bits per heavy atom. The summed E-state index contributed by atoms with van der Waals surface area (Å²) in [5.41, 5.74) is 0. The van der Waals surface area contributed by atoms with Crippen LogP contribution in [0.4, 0.5) is 0 Å². The molecule has 1 heterocycles. The molecule has 1 aliphatic carbocycles. The lowest BCUT2D eigenvalue weighted by Crippen LogP contribution is -2.43. The predicted octanol–water partition coefficient (Wildman–Crippen LogP) is 0.0372. The number of carbonyl (C=O) groups excluding carboxylic acids is 2. The number of carbonyl (C=O) groups is 2. The van der Waals surface area contributed by atoms with Crippen LogP contribution in [0.25, 0.3) is 0 Å². The molecule has 2 aliphatic rings. The SMILES string of the molecule is CC1CC1NC(=O)C1CCC(=O)NC1. The lowest BCUT2D eigenvalue weighted by atomic mass is 9.98. The minimum atomic E-state index is -0.0134. The Kier molecular flexibility index (Phi) is 2.44. The predicted molar refractivity (Wildman–Crippen MR) is 51.4 cm³/mol. The zero-order chi connectivity index (χ0) is 10.1. The summed E-state index contributed by atoms with van der Waals surface area (Å²) in [5, 5.41) is 5.72. The first-order valence-corrected chi connectivity index (χ1v) is 5.24. The molecule has 2 N–H and O–H groups in total. The highest BCUT2D eigenvalue weighted by molar-refractivity contribution is 5.84. The Morgan fingerprint density at radius 3 is 2.79 bits per heavy atom. The van der Waals surface area contributed by atoms with Gasteiger partial charge < -0.3 is 10.6 Å². The van der Waals surface area contributed by atoms with Crippen LogP contribution in [-0.4, -0.2) is 24.4 Å². The molecule has 0 spiro atoms. The molecular formula is C10H16N2O2. The molecule has 1 saturated carbocycles. The van der Waals surface area contributed by atoms with Gasteiger partial charge in [-0.05, 0) is 18.8 Å². The lowest BCUT2D eigenvalue weighted by molar-refractivity contribution is -0.129. The van der Waals surface area contributed by atoms with Crippen molar-refractivity contribution >= 4 is 11.8 Å². The highest BCUT2D eigenvalue weighted by Gasteiger charge is 2.36. The van der Waals surface area contributed by atoms with Crippen molar-refractivity contribution in [2.24, 2.45) is 11.8 Å². The first kappa shape index (κ1) is 9.49. The van der Waals surface area contributed by atoms with Gasteiger partial charge in [-0.1, -0.05) is 6.92 Å². The van der Waals surface area contributed by atoms with Gasteiger partial charge in [-0.2, -0.15) is 0 Å². The zero-order valence-corrected chi connectivity index (χ0v) is 8.38. The van der Waals surface area contributed by atoms with E-state index in [0.29, 0.717) is 31.3 Å². The smallest absolute Gasteiger partial charge is 0.225 e. The molecule has 78 valence electrons. The third-order valence-electron chi connectivity index (χ3n) is 3.07. The minimum absolute atomic E-state index is 0.0134. The monoisotopic (exact) mass is 196 g/mol. The van der Waals surface area contributed by atoms with Crippen LogP contribution in [0.3, 0.4) is 0 Å². The van der Waals surface area contributed by atoms with Crippen molar-refractivity contribution in [1.29, 1.82) is 0 Å². The van der Waals surface area contributed by atoms with Gasteiger partial charge in [-0.15, -0.1) is 0 Å². The number of hydrogen-bond donors (Lipinski definition) is 2. The van der Waals surface area contributed by atoms with Crippen molar-refractivity contribution in [3.05, 3.63) is 0 Å². The second kappa shape index (κ2) is 3.59. The average molecular weight is 196 g/mol. The molecule has 0 radical (unpaired) electrons. The molecule has 4 heteroatoms. The van der Waals surface area contributed by atoms with Gasteiger partial charge in [0.25, 0.3) is 0 Å². The van der Waals surface area contributed by atoms with Crippen LogP contribution >= 0.6 is 0 Å². The molecule has 14 heavy (non-hydrogen) atoms. The van der Waals surface area contributed by atoms with Gasteiger partial charge in [0.2, 0.25) is 11.8 Å². The van der Waals surface area contributed by atoms with Crippen LogP contribution in [0.15, 0.2) is 0 Å². The number of amides is 2. The number of piperidine rings is 1. The van der Waals surface area contributed by atoms with Crippen LogP contribution in [-0.2, 0) is 9.59 Å². The molecule has 3 atom stereocenters. The first-order valence-electron chi connectivity index (χ1n) is 5.24. The van der Waals surface area contributed by atoms with Crippen molar-refractivity contribution in [2.45, 2.75) is 32.2 Å². The van der Waals surface area contributed by atoms with Gasteiger partial charge in [0, 0.05) is 19.0 Å². The maximum absolute atomic E-state index is 11.6. The van der Waals surface area contributed by atoms with Crippen LogP contribution in [0.1, 0.15) is 26.2 Å². The molecule has 4 nitrogen and oxygen atoms in total. The van der Waals surface area contributed by atoms with E-state index in [1.165, 1.54) is 0 Å². The van der Waals surface area contributed by atoms with E-state index in [9.17, 15) is 9.59 Å². The molecule has 0 bridgehead atoms. The molecule has 0 aromatic carbocycles. The van der Waals surface area contributed by atoms with Gasteiger partial charge in [-0.3, -0.25) is 9.59 Å². The topological polar surface area (TPSA) is 58.2 Å². The summed E-state index contributed by atoms with van der Waals surface area (Å²) in [5.74, 6) is 0.797. The normalized spacial score (nSPS) is 36.1. The van der Waals surface area contributed by atoms with Crippen LogP contribution in [0.2, 0.25) is 0 Å². The lowest BCUT2D eigenvalue weighted by Gasteiger charge is -2.21. The first-order chi connectivity index (χ1) is 6.66. The molecular weight excluding hydrogens is 180 g/mol. The highest BCUT2D eigenvalue weighted by Crippen LogP contribution is 2.29. The fourth-order valence-electron chi connectivity index (χ4n) is 1.78. The van der Waals surface area contributed by atoms with Crippen molar-refractivity contribution in [3.8, 4) is 0 Å². The summed E-state index contributed by atoms with van der Waals surface area (Å²) in [6.07, 6.45) is 2.28. The molecule has 0 aromatic heterocycles. The quantitative estimate of drug-likeness (QED) is 0.655. The summed E-state index contributed by atoms with van der Waals surface area (Å²) in [6, 6.07) is 0.389. The van der Waals surface area contributed by atoms with E-state index in [1.54, 1.807) is 0 Å². The van der Waals surface area contributed by atoms with Crippen molar-refractivity contribution < 1.29 is 9.59 Å². The Hall–Kier alpha value is -1.06. The van der Waals surface area contributed by atoms with Crippen molar-refractivity contribution in [3.63, 3.8) is 0 Å². The fraction of sp³-hybridized carbons (Fsp3) is 0.800. The van der Waals surface area contributed by atoms with E-state index in [1.807, 2.05) is 0 Å². The summed E-state index contributed by atoms with van der Waals surface area (Å²) < 4.78 is 0. The van der Waals surface area contributed by atoms with E-state index in [-0.39, 0.29) is 17.7 Å². The molecule has 0 aromatic rings. The molecule has 3 unspecified atom stereocenters. The highest BCUT2D eigenvalue weighted by atomic mass is 16.2. The maximum atomic E-state index is 11.6. The zero-order valence-electron chi connectivity index (χ0n) is 8.38. The second-order valence-electron chi connectivity index (χ2n) is 4.37. The van der Waals surface area contributed by atoms with E-state index in [0.717, 1.165) is 6.42 Å². The Bertz CT molecular complexity index is 255. The van der Waals surface area contributed by atoms with Gasteiger partial charge in [0.1, 0.15) is 0 Å². The molecule has 2 amide bonds. The summed E-state index contributed by atoms with van der Waals surface area (Å²) in [7, 11) is 0. The van der Waals surface area contributed by atoms with Crippen LogP contribution in [0, 0.1) is 11.8 Å². The fourth-order valence-corrected chi connectivity index (χ4v) is 1.78. The second-order valence-corrected chi connectivity index (χ2v) is 4.37. The molecule has 1 aliphatic heterocycles. The number of nitrogens with one attached hydrogen (secondary N) is 2. The maximum Gasteiger partial charge on any atom is 0.225 e. The molecule has 2 rings (SSSR count). The summed E-state index contributed by atoms with van der Waals surface area (Å²) in [4.78, 5) is 22.5. The average Bonchev–Trinajstić information content (AvgIpc) is 2.82. The third-order valence-corrected chi connectivity index (χ3v) is 3.07. The number of hydrogen-bond acceptors (Lipinski definition) is 2. The van der Waals surface area contributed by atoms with Gasteiger partial charge >= 0.3 is 0 Å². The largest absolute Gasteiger partial charge is 0.355 e. The third kappa shape index (κ3) is 2.05. The van der Waals surface area contributed by atoms with Gasteiger partial charge in [0.05, 0.1) is 5.92 Å². The van der Waals surface area contributed by atoms with E-state index < -0.39 is 0 Å². The van der Waals surface area contributed by atoms with E-state index >= 15 is 0 Å². The van der Waals surface area contributed by atoms with Gasteiger partial charge in [-0.25, -0.2) is 0 Å². The van der Waals surface area contributed by atoms with E-state index in [2.05, 4.69) is 17.6 Å². The Morgan fingerprint density at radius 1 is 1.57 bits per heavy atom. The van der Waals surface area contributed by atoms with Crippen molar-refractivity contribution in [1.82, 2.24) is 10.6 Å². The van der Waals surface area contributed by atoms with E-state index in [4.69, 9.17) is 0 Å². The Balaban J connectivity index is 1.77. The van der Waals surface area contributed by atoms with Crippen molar-refractivity contribution in [2.75, 3.05) is 6.54 Å². The summed E-state index contributed by atoms with van der Waals surface area (Å²) in [6.45, 7) is 2.64. The molecule has 1 saturated heterocycles. The number of rotatable bonds is 2. The van der Waals surface area contributed by atoms with Crippen LogP contribution < -0.4 is 10.6 Å². The van der Waals surface area contributed by atoms with Gasteiger partial charge in [0.15, 0.2) is 0 Å². The standard InChI is InChI=1S/C10H16N2O2/c1-6-4-8(6)12-10(14)7-2-3-9(13)11-5-7/h6-8H,2-5H2,1H3,(H,11,13)(H,12,14). The minimum Gasteiger partial charge on any atom is -0.355 e. The summed E-state index contributed by atoms with van der Waals surface area (Å²) >= 11 is 0. The Labute approximate surface area is 83.4 Å². The molecule has 2 fully saturated rings.